The number of carbonyl (C=O) groups is 2. The van der Waals surface area contributed by atoms with Crippen LogP contribution < -0.4 is 10.3 Å². The third kappa shape index (κ3) is 2.82. The number of carbonyl (C=O) groups excluding carboxylic acids is 2. The first kappa shape index (κ1) is 21.4. The molecule has 0 saturated heterocycles. The van der Waals surface area contributed by atoms with Crippen LogP contribution in [0.4, 0.5) is 5.69 Å². The Morgan fingerprint density at radius 1 is 1.06 bits per heavy atom. The van der Waals surface area contributed by atoms with Gasteiger partial charge >= 0.3 is 0 Å². The van der Waals surface area contributed by atoms with Crippen LogP contribution >= 0.6 is 0 Å². The van der Waals surface area contributed by atoms with E-state index in [0.717, 1.165) is 17.7 Å². The van der Waals surface area contributed by atoms with Crippen molar-refractivity contribution in [2.45, 2.75) is 32.2 Å². The summed E-state index contributed by atoms with van der Waals surface area (Å²) in [5.74, 6) is -0.771. The van der Waals surface area contributed by atoms with Crippen molar-refractivity contribution in [2.75, 3.05) is 31.7 Å². The standard InChI is InChI=1S/C26H26N2O5/c1-4-12-27-19-9-6-5-8-18(19)26(25(27)31)21-22(29)17-15-16(2)10-11-20(17)33-23(21)24(30)28(26)13-7-14-32-3/h5-6,8-11,15H,4,7,12-14H2,1-3H3. The summed E-state index contributed by atoms with van der Waals surface area (Å²) in [5.41, 5.74) is 0.868. The van der Waals surface area contributed by atoms with E-state index < -0.39 is 11.4 Å². The number of rotatable bonds is 6. The summed E-state index contributed by atoms with van der Waals surface area (Å²) in [7, 11) is 1.59. The molecule has 0 fully saturated rings. The Balaban J connectivity index is 1.86. The highest BCUT2D eigenvalue weighted by molar-refractivity contribution is 6.17. The average molecular weight is 447 g/mol. The number of amides is 2. The van der Waals surface area contributed by atoms with Crippen molar-refractivity contribution >= 4 is 28.5 Å². The topological polar surface area (TPSA) is 80.1 Å². The second kappa shape index (κ2) is 7.85. The molecule has 0 radical (unpaired) electrons. The van der Waals surface area contributed by atoms with E-state index in [2.05, 4.69) is 0 Å². The van der Waals surface area contributed by atoms with Gasteiger partial charge in [0.25, 0.3) is 11.8 Å². The third-order valence-corrected chi connectivity index (χ3v) is 6.57. The molecular formula is C26H26N2O5. The molecule has 0 saturated carbocycles. The summed E-state index contributed by atoms with van der Waals surface area (Å²) in [4.78, 5) is 45.1. The largest absolute Gasteiger partial charge is 0.450 e. The molecule has 2 aliphatic rings. The van der Waals surface area contributed by atoms with Crippen LogP contribution in [0.15, 0.2) is 51.7 Å². The summed E-state index contributed by atoms with van der Waals surface area (Å²) in [6, 6.07) is 12.7. The summed E-state index contributed by atoms with van der Waals surface area (Å²) in [6.45, 7) is 5.06. The number of hydrogen-bond acceptors (Lipinski definition) is 5. The van der Waals surface area contributed by atoms with Crippen LogP contribution in [0.25, 0.3) is 11.0 Å². The molecule has 1 spiro atoms. The second-order valence-corrected chi connectivity index (χ2v) is 8.62. The van der Waals surface area contributed by atoms with E-state index in [-0.39, 0.29) is 29.2 Å². The fourth-order valence-electron chi connectivity index (χ4n) is 5.22. The molecule has 7 nitrogen and oxygen atoms in total. The van der Waals surface area contributed by atoms with Crippen molar-refractivity contribution in [3.8, 4) is 0 Å². The van der Waals surface area contributed by atoms with E-state index in [9.17, 15) is 14.4 Å². The molecule has 1 aromatic heterocycles. The van der Waals surface area contributed by atoms with E-state index in [4.69, 9.17) is 9.15 Å². The van der Waals surface area contributed by atoms with E-state index in [1.807, 2.05) is 44.2 Å². The molecule has 7 heteroatoms. The summed E-state index contributed by atoms with van der Waals surface area (Å²) >= 11 is 0. The van der Waals surface area contributed by atoms with Gasteiger partial charge in [0, 0.05) is 32.4 Å². The van der Waals surface area contributed by atoms with Gasteiger partial charge in [0.1, 0.15) is 5.58 Å². The van der Waals surface area contributed by atoms with Gasteiger partial charge in [-0.25, -0.2) is 0 Å². The third-order valence-electron chi connectivity index (χ3n) is 6.57. The number of hydrogen-bond donors (Lipinski definition) is 0. The Kier molecular flexibility index (Phi) is 5.09. The van der Waals surface area contributed by atoms with Gasteiger partial charge in [0.15, 0.2) is 11.0 Å². The number of fused-ring (bicyclic) bond motifs is 5. The molecule has 33 heavy (non-hydrogen) atoms. The van der Waals surface area contributed by atoms with Crippen molar-refractivity contribution in [3.05, 3.63) is 75.1 Å². The lowest BCUT2D eigenvalue weighted by atomic mass is 9.84. The van der Waals surface area contributed by atoms with Gasteiger partial charge in [-0.05, 0) is 38.0 Å². The molecule has 2 aliphatic heterocycles. The fraction of sp³-hybridized carbons (Fsp3) is 0.346. The molecule has 1 unspecified atom stereocenters. The molecule has 0 aliphatic carbocycles. The zero-order valence-electron chi connectivity index (χ0n) is 19.0. The molecule has 170 valence electrons. The van der Waals surface area contributed by atoms with Crippen molar-refractivity contribution in [1.82, 2.24) is 4.90 Å². The molecule has 2 amide bonds. The molecule has 0 N–H and O–H groups in total. The highest BCUT2D eigenvalue weighted by atomic mass is 16.5. The molecule has 1 atom stereocenters. The van der Waals surface area contributed by atoms with Crippen molar-refractivity contribution in [2.24, 2.45) is 0 Å². The number of nitrogens with zero attached hydrogens (tertiary/aromatic N) is 2. The molecule has 5 rings (SSSR count). The number of para-hydroxylation sites is 1. The summed E-state index contributed by atoms with van der Waals surface area (Å²) < 4.78 is 11.2. The van der Waals surface area contributed by atoms with Crippen molar-refractivity contribution in [3.63, 3.8) is 0 Å². The van der Waals surface area contributed by atoms with E-state index in [1.54, 1.807) is 24.1 Å². The molecular weight excluding hydrogens is 420 g/mol. The number of aryl methyl sites for hydroxylation is 1. The normalized spacial score (nSPS) is 19.1. The van der Waals surface area contributed by atoms with Crippen LogP contribution in [0.5, 0.6) is 0 Å². The van der Waals surface area contributed by atoms with Gasteiger partial charge < -0.3 is 19.0 Å². The van der Waals surface area contributed by atoms with Gasteiger partial charge in [-0.2, -0.15) is 0 Å². The summed E-state index contributed by atoms with van der Waals surface area (Å²) in [5, 5.41) is 0.374. The van der Waals surface area contributed by atoms with Crippen LogP contribution in [-0.2, 0) is 15.1 Å². The van der Waals surface area contributed by atoms with Crippen LogP contribution in [0.1, 0.15) is 47.0 Å². The Morgan fingerprint density at radius 3 is 2.61 bits per heavy atom. The zero-order valence-corrected chi connectivity index (χ0v) is 19.0. The van der Waals surface area contributed by atoms with Gasteiger partial charge in [0.05, 0.1) is 16.6 Å². The smallest absolute Gasteiger partial charge is 0.291 e. The maximum atomic E-state index is 14.2. The van der Waals surface area contributed by atoms with E-state index >= 15 is 0 Å². The highest BCUT2D eigenvalue weighted by Gasteiger charge is 2.64. The molecule has 2 aromatic carbocycles. The lowest BCUT2D eigenvalue weighted by Gasteiger charge is -2.34. The lowest BCUT2D eigenvalue weighted by molar-refractivity contribution is -0.126. The number of ether oxygens (including phenoxy) is 1. The number of methoxy groups -OCH3 is 1. The van der Waals surface area contributed by atoms with E-state index in [0.29, 0.717) is 36.1 Å². The summed E-state index contributed by atoms with van der Waals surface area (Å²) in [6.07, 6.45) is 1.26. The van der Waals surface area contributed by atoms with Crippen molar-refractivity contribution < 1.29 is 18.7 Å². The minimum absolute atomic E-state index is 0.0460. The molecule has 3 aromatic rings. The van der Waals surface area contributed by atoms with Crippen LogP contribution in [-0.4, -0.2) is 43.5 Å². The Morgan fingerprint density at radius 2 is 1.85 bits per heavy atom. The van der Waals surface area contributed by atoms with Crippen molar-refractivity contribution in [1.29, 1.82) is 0 Å². The Bertz CT molecular complexity index is 1340. The van der Waals surface area contributed by atoms with Crippen LogP contribution in [0, 0.1) is 6.92 Å². The fourth-order valence-corrected chi connectivity index (χ4v) is 5.22. The lowest BCUT2D eigenvalue weighted by Crippen LogP contribution is -2.53. The van der Waals surface area contributed by atoms with Crippen LogP contribution in [0.3, 0.4) is 0 Å². The van der Waals surface area contributed by atoms with Crippen LogP contribution in [0.2, 0.25) is 0 Å². The highest BCUT2D eigenvalue weighted by Crippen LogP contribution is 2.52. The first-order valence-electron chi connectivity index (χ1n) is 11.3. The average Bonchev–Trinajstić information content (AvgIpc) is 3.20. The molecule has 0 bridgehead atoms. The quantitative estimate of drug-likeness (QED) is 0.541. The van der Waals surface area contributed by atoms with Gasteiger partial charge in [-0.3, -0.25) is 14.4 Å². The second-order valence-electron chi connectivity index (χ2n) is 8.62. The van der Waals surface area contributed by atoms with Gasteiger partial charge in [-0.1, -0.05) is 36.8 Å². The first-order valence-corrected chi connectivity index (χ1v) is 11.3. The predicted molar refractivity (Wildman–Crippen MR) is 125 cm³/mol. The first-order chi connectivity index (χ1) is 16.0. The minimum Gasteiger partial charge on any atom is -0.450 e. The van der Waals surface area contributed by atoms with E-state index in [1.165, 1.54) is 4.90 Å². The number of anilines is 1. The maximum absolute atomic E-state index is 14.2. The number of benzene rings is 2. The predicted octanol–water partition coefficient (Wildman–Crippen LogP) is 3.59. The SMILES string of the molecule is CCCN1C(=O)C2(c3ccccc31)c1c(oc3ccc(C)cc3c1=O)C(=O)N2CCCOC. The Labute approximate surface area is 191 Å². The van der Waals surface area contributed by atoms with Gasteiger partial charge in [0.2, 0.25) is 5.76 Å². The van der Waals surface area contributed by atoms with Gasteiger partial charge in [-0.15, -0.1) is 0 Å². The zero-order chi connectivity index (χ0) is 23.3. The monoisotopic (exact) mass is 446 g/mol. The minimum atomic E-state index is -1.54. The molecule has 3 heterocycles. The maximum Gasteiger partial charge on any atom is 0.291 e. The Hall–Kier alpha value is -3.45.